The topological polar surface area (TPSA) is 50.2 Å². The van der Waals surface area contributed by atoms with Crippen molar-refractivity contribution in [3.8, 4) is 0 Å². The molecule has 0 unspecified atom stereocenters. The molecular weight excluding hydrogens is 274 g/mol. The standard InChI is InChI=1S/C10H5F4NO2S/c11-8(12)10(13,14)9-15-5-2-1-4(7(16)17)3-6(5)18-9/h1-3,8H,(H,16,17). The van der Waals surface area contributed by atoms with Crippen LogP contribution in [0.2, 0.25) is 0 Å². The molecule has 0 aliphatic rings. The molecular formula is C10H5F4NO2S. The Bertz CT molecular complexity index is 611. The number of nitrogens with zero attached hydrogens (tertiary/aromatic N) is 1. The van der Waals surface area contributed by atoms with E-state index in [-0.39, 0.29) is 15.8 Å². The van der Waals surface area contributed by atoms with Gasteiger partial charge in [0.1, 0.15) is 0 Å². The number of alkyl halides is 4. The van der Waals surface area contributed by atoms with Crippen LogP contribution >= 0.6 is 11.3 Å². The summed E-state index contributed by atoms with van der Waals surface area (Å²) in [6.07, 6.45) is -3.85. The number of rotatable bonds is 3. The fraction of sp³-hybridized carbons (Fsp3) is 0.200. The lowest BCUT2D eigenvalue weighted by molar-refractivity contribution is -0.135. The van der Waals surface area contributed by atoms with Gasteiger partial charge in [-0.05, 0) is 18.2 Å². The first-order chi connectivity index (χ1) is 8.32. The number of aromatic carboxylic acids is 1. The summed E-state index contributed by atoms with van der Waals surface area (Å²) in [5.41, 5.74) is -0.0432. The fourth-order valence-electron chi connectivity index (χ4n) is 1.29. The van der Waals surface area contributed by atoms with Crippen LogP contribution in [0.15, 0.2) is 18.2 Å². The van der Waals surface area contributed by atoms with Crippen molar-refractivity contribution < 1.29 is 27.5 Å². The Morgan fingerprint density at radius 1 is 1.39 bits per heavy atom. The molecule has 0 saturated carbocycles. The lowest BCUT2D eigenvalue weighted by Gasteiger charge is -2.10. The van der Waals surface area contributed by atoms with Crippen molar-refractivity contribution in [3.05, 3.63) is 28.8 Å². The molecule has 1 aromatic heterocycles. The first-order valence-corrected chi connectivity index (χ1v) is 5.44. The van der Waals surface area contributed by atoms with Crippen LogP contribution in [0, 0.1) is 0 Å². The molecule has 1 N–H and O–H groups in total. The van der Waals surface area contributed by atoms with E-state index in [0.29, 0.717) is 11.3 Å². The van der Waals surface area contributed by atoms with Gasteiger partial charge in [0, 0.05) is 0 Å². The maximum absolute atomic E-state index is 13.1. The lowest BCUT2D eigenvalue weighted by Crippen LogP contribution is -2.23. The number of carboxylic acids is 1. The highest BCUT2D eigenvalue weighted by Gasteiger charge is 2.45. The van der Waals surface area contributed by atoms with Gasteiger partial charge in [0.2, 0.25) is 0 Å². The SMILES string of the molecule is O=C(O)c1ccc2nc(C(F)(F)C(F)F)sc2c1. The molecule has 2 rings (SSSR count). The van der Waals surface area contributed by atoms with E-state index in [9.17, 15) is 22.4 Å². The molecule has 0 atom stereocenters. The van der Waals surface area contributed by atoms with Crippen LogP contribution < -0.4 is 0 Å². The number of halogens is 4. The highest BCUT2D eigenvalue weighted by atomic mass is 32.1. The largest absolute Gasteiger partial charge is 0.478 e. The van der Waals surface area contributed by atoms with Crippen LogP contribution in [0.25, 0.3) is 10.2 Å². The highest BCUT2D eigenvalue weighted by Crippen LogP contribution is 2.38. The van der Waals surface area contributed by atoms with E-state index < -0.39 is 23.3 Å². The zero-order chi connectivity index (χ0) is 13.5. The summed E-state index contributed by atoms with van der Waals surface area (Å²) < 4.78 is 50.6. The summed E-state index contributed by atoms with van der Waals surface area (Å²) in [6, 6.07) is 3.51. The van der Waals surface area contributed by atoms with Crippen molar-refractivity contribution in [3.63, 3.8) is 0 Å². The Balaban J connectivity index is 2.54. The van der Waals surface area contributed by atoms with E-state index in [1.807, 2.05) is 0 Å². The van der Waals surface area contributed by atoms with Crippen molar-refractivity contribution in [2.75, 3.05) is 0 Å². The predicted octanol–water partition coefficient (Wildman–Crippen LogP) is 3.35. The normalized spacial score (nSPS) is 12.3. The Morgan fingerprint density at radius 3 is 2.61 bits per heavy atom. The zero-order valence-corrected chi connectivity index (χ0v) is 9.35. The van der Waals surface area contributed by atoms with Crippen LogP contribution in [0.1, 0.15) is 15.4 Å². The van der Waals surface area contributed by atoms with E-state index in [1.165, 1.54) is 12.1 Å². The number of hydrogen-bond acceptors (Lipinski definition) is 3. The molecule has 96 valence electrons. The third kappa shape index (κ3) is 2.03. The molecule has 0 aliphatic carbocycles. The maximum Gasteiger partial charge on any atom is 0.358 e. The molecule has 3 nitrogen and oxygen atoms in total. The molecule has 0 spiro atoms. The van der Waals surface area contributed by atoms with Gasteiger partial charge >= 0.3 is 18.3 Å². The van der Waals surface area contributed by atoms with Gasteiger partial charge < -0.3 is 5.11 Å². The van der Waals surface area contributed by atoms with Gasteiger partial charge in [0.15, 0.2) is 5.01 Å². The molecule has 0 amide bonds. The second kappa shape index (κ2) is 4.20. The quantitative estimate of drug-likeness (QED) is 0.876. The summed E-state index contributed by atoms with van der Waals surface area (Å²) in [6.45, 7) is 0. The summed E-state index contributed by atoms with van der Waals surface area (Å²) in [4.78, 5) is 14.1. The molecule has 0 aliphatic heterocycles. The third-order valence-electron chi connectivity index (χ3n) is 2.19. The fourth-order valence-corrected chi connectivity index (χ4v) is 2.28. The second-order valence-corrected chi connectivity index (χ2v) is 4.46. The third-order valence-corrected chi connectivity index (χ3v) is 3.30. The average Bonchev–Trinajstić information content (AvgIpc) is 2.71. The minimum atomic E-state index is -4.33. The van der Waals surface area contributed by atoms with Crippen LogP contribution in [0.3, 0.4) is 0 Å². The highest BCUT2D eigenvalue weighted by molar-refractivity contribution is 7.18. The van der Waals surface area contributed by atoms with Gasteiger partial charge in [-0.2, -0.15) is 8.78 Å². The smallest absolute Gasteiger partial charge is 0.358 e. The van der Waals surface area contributed by atoms with Gasteiger partial charge in [0.05, 0.1) is 15.8 Å². The minimum absolute atomic E-state index is 0.0697. The number of fused-ring (bicyclic) bond motifs is 1. The van der Waals surface area contributed by atoms with E-state index in [2.05, 4.69) is 4.98 Å². The predicted molar refractivity (Wildman–Crippen MR) is 56.5 cm³/mol. The molecule has 2 aromatic rings. The number of thiazole rings is 1. The van der Waals surface area contributed by atoms with Gasteiger partial charge in [-0.15, -0.1) is 11.3 Å². The number of aromatic nitrogens is 1. The van der Waals surface area contributed by atoms with E-state index in [4.69, 9.17) is 5.11 Å². The molecule has 0 fully saturated rings. The second-order valence-electron chi connectivity index (χ2n) is 3.43. The molecule has 1 aromatic carbocycles. The molecule has 18 heavy (non-hydrogen) atoms. The molecule has 0 radical (unpaired) electrons. The van der Waals surface area contributed by atoms with Gasteiger partial charge in [-0.3, -0.25) is 0 Å². The molecule has 1 heterocycles. The Kier molecular flexibility index (Phi) is 2.97. The van der Waals surface area contributed by atoms with Crippen LogP contribution in [-0.4, -0.2) is 22.5 Å². The summed E-state index contributed by atoms with van der Waals surface area (Å²) in [5, 5.41) is 7.70. The first kappa shape index (κ1) is 12.7. The van der Waals surface area contributed by atoms with Crippen molar-refractivity contribution in [2.45, 2.75) is 12.3 Å². The van der Waals surface area contributed by atoms with Gasteiger partial charge in [0.25, 0.3) is 0 Å². The average molecular weight is 279 g/mol. The first-order valence-electron chi connectivity index (χ1n) is 4.62. The number of carbonyl (C=O) groups is 1. The van der Waals surface area contributed by atoms with Crippen molar-refractivity contribution in [1.29, 1.82) is 0 Å². The van der Waals surface area contributed by atoms with E-state index in [1.54, 1.807) is 0 Å². The summed E-state index contributed by atoms with van der Waals surface area (Å²) in [5.74, 6) is -5.56. The monoisotopic (exact) mass is 279 g/mol. The van der Waals surface area contributed by atoms with E-state index >= 15 is 0 Å². The van der Waals surface area contributed by atoms with Gasteiger partial charge in [-0.25, -0.2) is 18.6 Å². The Labute approximate surface area is 102 Å². The summed E-state index contributed by atoms with van der Waals surface area (Å²) >= 11 is 0.360. The van der Waals surface area contributed by atoms with Crippen molar-refractivity contribution in [2.24, 2.45) is 0 Å². The van der Waals surface area contributed by atoms with Crippen LogP contribution in [-0.2, 0) is 5.92 Å². The lowest BCUT2D eigenvalue weighted by atomic mass is 10.2. The Hall–Kier alpha value is -1.70. The number of hydrogen-bond donors (Lipinski definition) is 1. The molecule has 0 saturated heterocycles. The maximum atomic E-state index is 13.1. The van der Waals surface area contributed by atoms with Crippen LogP contribution in [0.4, 0.5) is 17.6 Å². The van der Waals surface area contributed by atoms with Gasteiger partial charge in [-0.1, -0.05) is 0 Å². The van der Waals surface area contributed by atoms with Crippen LogP contribution in [0.5, 0.6) is 0 Å². The summed E-state index contributed by atoms with van der Waals surface area (Å²) in [7, 11) is 0. The minimum Gasteiger partial charge on any atom is -0.478 e. The number of carboxylic acid groups (broad SMARTS) is 1. The zero-order valence-electron chi connectivity index (χ0n) is 8.53. The van der Waals surface area contributed by atoms with E-state index in [0.717, 1.165) is 6.07 Å². The Morgan fingerprint density at radius 2 is 2.06 bits per heavy atom. The van der Waals surface area contributed by atoms with Crippen molar-refractivity contribution in [1.82, 2.24) is 4.98 Å². The molecule has 8 heteroatoms. The van der Waals surface area contributed by atoms with Crippen molar-refractivity contribution >= 4 is 27.5 Å². The number of benzene rings is 1. The molecule has 0 bridgehead atoms.